The minimum Gasteiger partial charge on any atom is -0.394 e. The minimum atomic E-state index is -0.464. The van der Waals surface area contributed by atoms with Crippen molar-refractivity contribution >= 4 is 0 Å². The lowest BCUT2D eigenvalue weighted by Gasteiger charge is -2.25. The summed E-state index contributed by atoms with van der Waals surface area (Å²) in [5.74, 6) is 0. The zero-order chi connectivity index (χ0) is 8.91. The molecule has 0 aromatic heterocycles. The van der Waals surface area contributed by atoms with Crippen LogP contribution in [0.2, 0.25) is 0 Å². The lowest BCUT2D eigenvalue weighted by molar-refractivity contribution is -0.0278. The summed E-state index contributed by atoms with van der Waals surface area (Å²) in [5, 5.41) is 17.8. The Morgan fingerprint density at radius 2 is 1.91 bits per heavy atom. The van der Waals surface area contributed by atoms with Gasteiger partial charge in [-0.25, -0.2) is 0 Å². The van der Waals surface area contributed by atoms with Crippen molar-refractivity contribution < 1.29 is 14.9 Å². The van der Waals surface area contributed by atoms with Gasteiger partial charge in [-0.3, -0.25) is 0 Å². The van der Waals surface area contributed by atoms with Crippen LogP contribution >= 0.6 is 0 Å². The van der Waals surface area contributed by atoms with Crippen LogP contribution in [0.1, 0.15) is 20.8 Å². The Bertz CT molecular complexity index is 96.0. The molecule has 0 aliphatic heterocycles. The van der Waals surface area contributed by atoms with E-state index in [9.17, 15) is 5.11 Å². The quantitative estimate of drug-likeness (QED) is 0.588. The third-order valence-electron chi connectivity index (χ3n) is 1.51. The average molecular weight is 162 g/mol. The first-order valence-electron chi connectivity index (χ1n) is 3.85. The monoisotopic (exact) mass is 162 g/mol. The van der Waals surface area contributed by atoms with E-state index in [2.05, 4.69) is 0 Å². The van der Waals surface area contributed by atoms with Crippen LogP contribution in [0.4, 0.5) is 0 Å². The number of rotatable bonds is 4. The summed E-state index contributed by atoms with van der Waals surface area (Å²) in [6, 6.07) is 0. The number of aliphatic hydroxyl groups excluding tert-OH is 2. The first kappa shape index (κ1) is 10.9. The minimum absolute atomic E-state index is 0.0108. The highest BCUT2D eigenvalue weighted by Gasteiger charge is 2.21. The molecule has 0 bridgehead atoms. The summed E-state index contributed by atoms with van der Waals surface area (Å²) in [6.45, 7) is 6.44. The second-order valence-electron chi connectivity index (χ2n) is 3.68. The van der Waals surface area contributed by atoms with Crippen molar-refractivity contribution in [3.8, 4) is 0 Å². The molecule has 0 spiro atoms. The Morgan fingerprint density at radius 1 is 1.36 bits per heavy atom. The predicted octanol–water partition coefficient (Wildman–Crippen LogP) is 0.402. The van der Waals surface area contributed by atoms with Gasteiger partial charge in [0.1, 0.15) is 0 Å². The molecule has 1 unspecified atom stereocenters. The SMILES string of the molecule is CC(C)(C)C(O)COCCO. The van der Waals surface area contributed by atoms with Crippen LogP contribution in [0.3, 0.4) is 0 Å². The van der Waals surface area contributed by atoms with Crippen LogP contribution in [-0.2, 0) is 4.74 Å². The Labute approximate surface area is 68.0 Å². The summed E-state index contributed by atoms with van der Waals surface area (Å²) < 4.78 is 4.97. The first-order chi connectivity index (χ1) is 4.98. The molecular weight excluding hydrogens is 144 g/mol. The second-order valence-corrected chi connectivity index (χ2v) is 3.68. The largest absolute Gasteiger partial charge is 0.394 e. The number of hydrogen-bond donors (Lipinski definition) is 2. The van der Waals surface area contributed by atoms with Crippen LogP contribution < -0.4 is 0 Å². The van der Waals surface area contributed by atoms with E-state index >= 15 is 0 Å². The molecular formula is C8H18O3. The van der Waals surface area contributed by atoms with Gasteiger partial charge in [0.25, 0.3) is 0 Å². The normalized spacial score (nSPS) is 15.0. The van der Waals surface area contributed by atoms with Crippen molar-refractivity contribution in [2.75, 3.05) is 19.8 Å². The molecule has 0 aromatic rings. The molecule has 0 aliphatic carbocycles. The Balaban J connectivity index is 3.44. The molecule has 2 N–H and O–H groups in total. The maximum absolute atomic E-state index is 9.41. The van der Waals surface area contributed by atoms with Crippen LogP contribution in [-0.4, -0.2) is 36.1 Å². The van der Waals surface area contributed by atoms with Crippen LogP contribution in [0.15, 0.2) is 0 Å². The molecule has 3 heteroatoms. The standard InChI is InChI=1S/C8H18O3/c1-8(2,3)7(10)6-11-5-4-9/h7,9-10H,4-6H2,1-3H3. The van der Waals surface area contributed by atoms with E-state index in [4.69, 9.17) is 9.84 Å². The summed E-state index contributed by atoms with van der Waals surface area (Å²) in [6.07, 6.45) is -0.464. The van der Waals surface area contributed by atoms with Gasteiger partial charge in [0, 0.05) is 0 Å². The number of aliphatic hydroxyl groups is 2. The highest BCUT2D eigenvalue weighted by atomic mass is 16.5. The van der Waals surface area contributed by atoms with Crippen molar-refractivity contribution in [3.63, 3.8) is 0 Å². The third kappa shape index (κ3) is 5.18. The zero-order valence-corrected chi connectivity index (χ0v) is 7.50. The highest BCUT2D eigenvalue weighted by molar-refractivity contribution is 4.71. The molecule has 0 amide bonds. The second kappa shape index (κ2) is 4.70. The number of hydrogen-bond acceptors (Lipinski definition) is 3. The Hall–Kier alpha value is -0.120. The first-order valence-corrected chi connectivity index (χ1v) is 3.85. The molecule has 0 fully saturated rings. The summed E-state index contributed by atoms with van der Waals surface area (Å²) in [4.78, 5) is 0. The van der Waals surface area contributed by atoms with E-state index in [1.807, 2.05) is 20.8 Å². The molecule has 0 aliphatic rings. The van der Waals surface area contributed by atoms with E-state index in [1.54, 1.807) is 0 Å². The van der Waals surface area contributed by atoms with Gasteiger partial charge in [-0.05, 0) is 5.41 Å². The van der Waals surface area contributed by atoms with Gasteiger partial charge < -0.3 is 14.9 Å². The van der Waals surface area contributed by atoms with Gasteiger partial charge in [0.05, 0.1) is 25.9 Å². The van der Waals surface area contributed by atoms with Crippen molar-refractivity contribution in [1.29, 1.82) is 0 Å². The average Bonchev–Trinajstić information content (AvgIpc) is 1.86. The molecule has 0 aromatic carbocycles. The molecule has 3 nitrogen and oxygen atoms in total. The van der Waals surface area contributed by atoms with Crippen LogP contribution in [0.5, 0.6) is 0 Å². The molecule has 68 valence electrons. The lowest BCUT2D eigenvalue weighted by atomic mass is 9.90. The van der Waals surface area contributed by atoms with E-state index in [0.29, 0.717) is 13.2 Å². The van der Waals surface area contributed by atoms with Crippen molar-refractivity contribution in [2.24, 2.45) is 5.41 Å². The van der Waals surface area contributed by atoms with Gasteiger partial charge in [-0.1, -0.05) is 20.8 Å². The van der Waals surface area contributed by atoms with E-state index < -0.39 is 6.10 Å². The maximum Gasteiger partial charge on any atom is 0.0821 e. The summed E-state index contributed by atoms with van der Waals surface area (Å²) >= 11 is 0. The van der Waals surface area contributed by atoms with E-state index in [0.717, 1.165) is 0 Å². The van der Waals surface area contributed by atoms with Crippen molar-refractivity contribution in [2.45, 2.75) is 26.9 Å². The topological polar surface area (TPSA) is 49.7 Å². The fourth-order valence-corrected chi connectivity index (χ4v) is 0.510. The molecule has 0 heterocycles. The highest BCUT2D eigenvalue weighted by Crippen LogP contribution is 2.18. The molecule has 0 saturated heterocycles. The fourth-order valence-electron chi connectivity index (χ4n) is 0.510. The number of ether oxygens (including phenoxy) is 1. The molecule has 0 saturated carbocycles. The fraction of sp³-hybridized carbons (Fsp3) is 1.00. The molecule has 0 rings (SSSR count). The third-order valence-corrected chi connectivity index (χ3v) is 1.51. The predicted molar refractivity (Wildman–Crippen MR) is 43.4 cm³/mol. The van der Waals surface area contributed by atoms with E-state index in [1.165, 1.54) is 0 Å². The van der Waals surface area contributed by atoms with Gasteiger partial charge in [0.2, 0.25) is 0 Å². The van der Waals surface area contributed by atoms with Gasteiger partial charge in [-0.15, -0.1) is 0 Å². The summed E-state index contributed by atoms with van der Waals surface area (Å²) in [7, 11) is 0. The van der Waals surface area contributed by atoms with Gasteiger partial charge in [-0.2, -0.15) is 0 Å². The summed E-state index contributed by atoms with van der Waals surface area (Å²) in [5.41, 5.74) is -0.143. The van der Waals surface area contributed by atoms with Gasteiger partial charge in [0.15, 0.2) is 0 Å². The maximum atomic E-state index is 9.41. The lowest BCUT2D eigenvalue weighted by Crippen LogP contribution is -2.31. The Kier molecular flexibility index (Phi) is 4.65. The molecule has 1 atom stereocenters. The van der Waals surface area contributed by atoms with Crippen molar-refractivity contribution in [3.05, 3.63) is 0 Å². The molecule has 11 heavy (non-hydrogen) atoms. The Morgan fingerprint density at radius 3 is 2.27 bits per heavy atom. The van der Waals surface area contributed by atoms with Gasteiger partial charge >= 0.3 is 0 Å². The zero-order valence-electron chi connectivity index (χ0n) is 7.50. The smallest absolute Gasteiger partial charge is 0.0821 e. The van der Waals surface area contributed by atoms with Crippen LogP contribution in [0, 0.1) is 5.41 Å². The van der Waals surface area contributed by atoms with Crippen molar-refractivity contribution in [1.82, 2.24) is 0 Å². The van der Waals surface area contributed by atoms with E-state index in [-0.39, 0.29) is 12.0 Å². The van der Waals surface area contributed by atoms with Crippen LogP contribution in [0.25, 0.3) is 0 Å². The molecule has 0 radical (unpaired) electrons.